The van der Waals surface area contributed by atoms with Gasteiger partial charge in [0, 0.05) is 13.6 Å². The zero-order valence-electron chi connectivity index (χ0n) is 13.1. The number of carbonyl (C=O) groups is 1. The Bertz CT molecular complexity index is 708. The van der Waals surface area contributed by atoms with Crippen molar-refractivity contribution in [3.05, 3.63) is 44.6 Å². The van der Waals surface area contributed by atoms with Crippen LogP contribution >= 0.6 is 27.3 Å². The highest BCUT2D eigenvalue weighted by Gasteiger charge is 2.16. The largest absolute Gasteiger partial charge is 0.490 e. The van der Waals surface area contributed by atoms with E-state index in [1.807, 2.05) is 6.07 Å². The Labute approximate surface area is 151 Å². The van der Waals surface area contributed by atoms with Gasteiger partial charge in [-0.25, -0.2) is 0 Å². The summed E-state index contributed by atoms with van der Waals surface area (Å²) in [5.74, 6) is 0.0957. The lowest BCUT2D eigenvalue weighted by Crippen LogP contribution is -2.25. The van der Waals surface area contributed by atoms with Crippen molar-refractivity contribution < 1.29 is 23.0 Å². The molecular weight excluding hydrogens is 404 g/mol. The van der Waals surface area contributed by atoms with E-state index in [2.05, 4.69) is 20.7 Å². The van der Waals surface area contributed by atoms with Crippen LogP contribution in [0.2, 0.25) is 0 Å². The summed E-state index contributed by atoms with van der Waals surface area (Å²) in [5, 5.41) is 0. The molecule has 2 rings (SSSR count). The van der Waals surface area contributed by atoms with Crippen molar-refractivity contribution in [1.29, 1.82) is 0 Å². The fourth-order valence-electron chi connectivity index (χ4n) is 2.08. The zero-order chi connectivity index (χ0) is 17.7. The number of hydrogen-bond acceptors (Lipinski definition) is 4. The summed E-state index contributed by atoms with van der Waals surface area (Å²) in [5.41, 5.74) is 0.756. The number of amides is 1. The second-order valence-corrected chi connectivity index (χ2v) is 7.32. The van der Waals surface area contributed by atoms with Crippen LogP contribution in [0.5, 0.6) is 11.5 Å². The molecule has 0 spiro atoms. The number of halogens is 3. The van der Waals surface area contributed by atoms with Crippen LogP contribution in [0.3, 0.4) is 0 Å². The van der Waals surface area contributed by atoms with E-state index in [4.69, 9.17) is 4.74 Å². The zero-order valence-corrected chi connectivity index (χ0v) is 15.5. The molecule has 0 saturated heterocycles. The Morgan fingerprint density at radius 1 is 1.29 bits per heavy atom. The van der Waals surface area contributed by atoms with Crippen LogP contribution in [0.1, 0.15) is 22.2 Å². The molecule has 0 aliphatic carbocycles. The number of carbonyl (C=O) groups excluding carboxylic acids is 1. The van der Waals surface area contributed by atoms with E-state index in [-0.39, 0.29) is 17.4 Å². The molecule has 0 unspecified atom stereocenters. The summed E-state index contributed by atoms with van der Waals surface area (Å²) >= 11 is 4.68. The number of thiophene rings is 1. The van der Waals surface area contributed by atoms with Crippen LogP contribution in [0.25, 0.3) is 0 Å². The van der Waals surface area contributed by atoms with E-state index in [0.717, 1.165) is 9.35 Å². The van der Waals surface area contributed by atoms with Crippen molar-refractivity contribution in [2.45, 2.75) is 20.1 Å². The standard InChI is InChI=1S/C16H16BrF2NO3S/c1-3-22-12-8-10(4-5-11(12)23-16(18)19)9-20(2)15(21)13-6-7-14(17)24-13/h4-8,16H,3,9H2,1-2H3. The lowest BCUT2D eigenvalue weighted by Gasteiger charge is -2.18. The van der Waals surface area contributed by atoms with Gasteiger partial charge < -0.3 is 14.4 Å². The monoisotopic (exact) mass is 419 g/mol. The quantitative estimate of drug-likeness (QED) is 0.647. The van der Waals surface area contributed by atoms with Gasteiger partial charge >= 0.3 is 6.61 Å². The first-order valence-electron chi connectivity index (χ1n) is 7.12. The van der Waals surface area contributed by atoms with Gasteiger partial charge in [-0.05, 0) is 52.7 Å². The molecule has 0 bridgehead atoms. The second-order valence-electron chi connectivity index (χ2n) is 4.86. The number of ether oxygens (including phenoxy) is 2. The van der Waals surface area contributed by atoms with Crippen LogP contribution in [0.4, 0.5) is 8.78 Å². The average molecular weight is 420 g/mol. The fraction of sp³-hybridized carbons (Fsp3) is 0.312. The maximum Gasteiger partial charge on any atom is 0.387 e. The van der Waals surface area contributed by atoms with Crippen molar-refractivity contribution in [2.75, 3.05) is 13.7 Å². The molecule has 0 aliphatic heterocycles. The van der Waals surface area contributed by atoms with Crippen LogP contribution in [0, 0.1) is 0 Å². The van der Waals surface area contributed by atoms with E-state index in [0.29, 0.717) is 18.0 Å². The first-order valence-corrected chi connectivity index (χ1v) is 8.73. The predicted octanol–water partition coefficient (Wildman–Crippen LogP) is 4.78. The van der Waals surface area contributed by atoms with Crippen LogP contribution in [-0.4, -0.2) is 31.1 Å². The first-order chi connectivity index (χ1) is 11.4. The molecule has 0 atom stereocenters. The summed E-state index contributed by atoms with van der Waals surface area (Å²) < 4.78 is 35.5. The summed E-state index contributed by atoms with van der Waals surface area (Å²) in [4.78, 5) is 14.5. The van der Waals surface area contributed by atoms with Crippen molar-refractivity contribution >= 4 is 33.2 Å². The van der Waals surface area contributed by atoms with Gasteiger partial charge in [-0.3, -0.25) is 4.79 Å². The highest BCUT2D eigenvalue weighted by molar-refractivity contribution is 9.11. The minimum atomic E-state index is -2.92. The molecular formula is C16H16BrF2NO3S. The molecule has 0 N–H and O–H groups in total. The van der Waals surface area contributed by atoms with Gasteiger partial charge in [0.15, 0.2) is 11.5 Å². The fourth-order valence-corrected chi connectivity index (χ4v) is 3.46. The third kappa shape index (κ3) is 4.91. The molecule has 2 aromatic rings. The molecule has 1 aromatic heterocycles. The highest BCUT2D eigenvalue weighted by Crippen LogP contribution is 2.30. The third-order valence-corrected chi connectivity index (χ3v) is 4.69. The Balaban J connectivity index is 2.13. The van der Waals surface area contributed by atoms with Crippen molar-refractivity contribution in [2.24, 2.45) is 0 Å². The molecule has 24 heavy (non-hydrogen) atoms. The summed E-state index contributed by atoms with van der Waals surface area (Å²) in [7, 11) is 1.68. The van der Waals surface area contributed by atoms with Crippen LogP contribution in [0.15, 0.2) is 34.1 Å². The van der Waals surface area contributed by atoms with E-state index in [1.54, 1.807) is 37.1 Å². The minimum Gasteiger partial charge on any atom is -0.490 e. The van der Waals surface area contributed by atoms with Crippen LogP contribution < -0.4 is 9.47 Å². The Kier molecular flexibility index (Phi) is 6.56. The van der Waals surface area contributed by atoms with Gasteiger partial charge in [0.05, 0.1) is 15.3 Å². The van der Waals surface area contributed by atoms with Crippen LogP contribution in [-0.2, 0) is 6.54 Å². The Morgan fingerprint density at radius 2 is 2.04 bits per heavy atom. The molecule has 0 aliphatic rings. The predicted molar refractivity (Wildman–Crippen MR) is 92.1 cm³/mol. The minimum absolute atomic E-state index is 0.0215. The van der Waals surface area contributed by atoms with Gasteiger partial charge in [-0.1, -0.05) is 6.07 Å². The van der Waals surface area contributed by atoms with Crippen molar-refractivity contribution in [3.63, 3.8) is 0 Å². The van der Waals surface area contributed by atoms with Gasteiger partial charge in [0.25, 0.3) is 5.91 Å². The SMILES string of the molecule is CCOc1cc(CN(C)C(=O)c2ccc(Br)s2)ccc1OC(F)F. The molecule has 8 heteroatoms. The van der Waals surface area contributed by atoms with E-state index in [1.165, 1.54) is 17.4 Å². The van der Waals surface area contributed by atoms with Gasteiger partial charge in [-0.15, -0.1) is 11.3 Å². The molecule has 0 saturated carbocycles. The normalized spacial score (nSPS) is 10.8. The van der Waals surface area contributed by atoms with Gasteiger partial charge in [-0.2, -0.15) is 8.78 Å². The maximum absolute atomic E-state index is 12.4. The summed E-state index contributed by atoms with van der Waals surface area (Å²) in [6.45, 7) is -0.523. The van der Waals surface area contributed by atoms with Crippen molar-refractivity contribution in [3.8, 4) is 11.5 Å². The number of benzene rings is 1. The summed E-state index contributed by atoms with van der Waals surface area (Å²) in [6.07, 6.45) is 0. The first kappa shape index (κ1) is 18.7. The molecule has 130 valence electrons. The van der Waals surface area contributed by atoms with E-state index in [9.17, 15) is 13.6 Å². The molecule has 0 radical (unpaired) electrons. The molecule has 1 heterocycles. The Morgan fingerprint density at radius 3 is 2.62 bits per heavy atom. The van der Waals surface area contributed by atoms with E-state index >= 15 is 0 Å². The Hall–Kier alpha value is -1.67. The molecule has 1 aromatic carbocycles. The maximum atomic E-state index is 12.4. The smallest absolute Gasteiger partial charge is 0.387 e. The summed E-state index contributed by atoms with van der Waals surface area (Å²) in [6, 6.07) is 8.23. The average Bonchev–Trinajstić information content (AvgIpc) is 2.95. The topological polar surface area (TPSA) is 38.8 Å². The number of alkyl halides is 2. The van der Waals surface area contributed by atoms with Crippen molar-refractivity contribution in [1.82, 2.24) is 4.90 Å². The lowest BCUT2D eigenvalue weighted by atomic mass is 10.2. The third-order valence-electron chi connectivity index (χ3n) is 3.07. The molecule has 4 nitrogen and oxygen atoms in total. The van der Waals surface area contributed by atoms with E-state index < -0.39 is 6.61 Å². The lowest BCUT2D eigenvalue weighted by molar-refractivity contribution is -0.0514. The highest BCUT2D eigenvalue weighted by atomic mass is 79.9. The number of hydrogen-bond donors (Lipinski definition) is 0. The number of nitrogens with zero attached hydrogens (tertiary/aromatic N) is 1. The molecule has 0 fully saturated rings. The molecule has 1 amide bonds. The van der Waals surface area contributed by atoms with Gasteiger partial charge in [0.2, 0.25) is 0 Å². The second kappa shape index (κ2) is 8.43. The van der Waals surface area contributed by atoms with Gasteiger partial charge in [0.1, 0.15) is 0 Å². The number of rotatable bonds is 7.